The van der Waals surface area contributed by atoms with Crippen LogP contribution in [0.5, 0.6) is 0 Å². The Bertz CT molecular complexity index is 202. The van der Waals surface area contributed by atoms with E-state index < -0.39 is 11.9 Å². The first kappa shape index (κ1) is 8.99. The first-order valence-corrected chi connectivity index (χ1v) is 4.02. The highest BCUT2D eigenvalue weighted by Gasteiger charge is 2.11. The number of amidine groups is 1. The van der Waals surface area contributed by atoms with Crippen LogP contribution in [-0.4, -0.2) is 30.9 Å². The predicted octanol–water partition coefficient (Wildman–Crippen LogP) is -1.42. The summed E-state index contributed by atoms with van der Waals surface area (Å²) in [6, 6.07) is -0.617. The number of hydrogen-bond acceptors (Lipinski definition) is 4. The van der Waals surface area contributed by atoms with Gasteiger partial charge >= 0.3 is 0 Å². The van der Waals surface area contributed by atoms with Gasteiger partial charge in [-0.05, 0) is 6.42 Å². The highest BCUT2D eigenvalue weighted by atomic mass is 16.1. The Morgan fingerprint density at radius 2 is 2.50 bits per heavy atom. The Morgan fingerprint density at radius 3 is 3.00 bits per heavy atom. The lowest BCUT2D eigenvalue weighted by atomic mass is 10.3. The Morgan fingerprint density at radius 1 is 1.75 bits per heavy atom. The maximum atomic E-state index is 10.5. The van der Waals surface area contributed by atoms with Crippen molar-refractivity contribution in [1.82, 2.24) is 5.32 Å². The smallest absolute Gasteiger partial charge is 0.236 e. The van der Waals surface area contributed by atoms with Crippen LogP contribution in [0.25, 0.3) is 0 Å². The van der Waals surface area contributed by atoms with Gasteiger partial charge in [0.15, 0.2) is 0 Å². The maximum Gasteiger partial charge on any atom is 0.236 e. The number of aliphatic imine (C=N–C) groups is 1. The van der Waals surface area contributed by atoms with Gasteiger partial charge in [-0.15, -0.1) is 0 Å². The van der Waals surface area contributed by atoms with Crippen LogP contribution in [0.3, 0.4) is 0 Å². The number of nitrogens with two attached hydrogens (primary N) is 2. The van der Waals surface area contributed by atoms with Crippen molar-refractivity contribution in [3.05, 3.63) is 0 Å². The Labute approximate surface area is 71.2 Å². The van der Waals surface area contributed by atoms with E-state index in [-0.39, 0.29) is 0 Å². The minimum atomic E-state index is -0.617. The molecule has 1 heterocycles. The molecule has 5 nitrogen and oxygen atoms in total. The molecule has 0 saturated heterocycles. The zero-order chi connectivity index (χ0) is 8.97. The quantitative estimate of drug-likeness (QED) is 0.485. The molecule has 1 aliphatic heterocycles. The average Bonchev–Trinajstić information content (AvgIpc) is 2.51. The summed E-state index contributed by atoms with van der Waals surface area (Å²) in [5, 5.41) is 2.99. The topological polar surface area (TPSA) is 93.5 Å². The molecule has 0 aliphatic carbocycles. The van der Waals surface area contributed by atoms with E-state index in [0.717, 1.165) is 25.2 Å². The minimum absolute atomic E-state index is 0.383. The van der Waals surface area contributed by atoms with E-state index in [2.05, 4.69) is 10.3 Å². The van der Waals surface area contributed by atoms with Gasteiger partial charge in [0.25, 0.3) is 0 Å². The number of nitrogens with zero attached hydrogens (tertiary/aromatic N) is 1. The van der Waals surface area contributed by atoms with Gasteiger partial charge in [0.2, 0.25) is 5.91 Å². The summed E-state index contributed by atoms with van der Waals surface area (Å²) in [6.07, 6.45) is 2.03. The summed E-state index contributed by atoms with van der Waals surface area (Å²) in [5.74, 6) is 0.452. The van der Waals surface area contributed by atoms with Gasteiger partial charge in [-0.1, -0.05) is 0 Å². The zero-order valence-electron chi connectivity index (χ0n) is 6.92. The van der Waals surface area contributed by atoms with Crippen LogP contribution in [0.1, 0.15) is 12.8 Å². The predicted molar refractivity (Wildman–Crippen MR) is 46.7 cm³/mol. The number of nitrogens with one attached hydrogen (secondary N) is 1. The first-order valence-electron chi connectivity index (χ1n) is 4.02. The largest absolute Gasteiger partial charge is 0.372 e. The van der Waals surface area contributed by atoms with Crippen molar-refractivity contribution >= 4 is 11.7 Å². The highest BCUT2D eigenvalue weighted by Crippen LogP contribution is 2.00. The van der Waals surface area contributed by atoms with Gasteiger partial charge in [-0.3, -0.25) is 9.79 Å². The molecule has 0 saturated carbocycles. The fourth-order valence-electron chi connectivity index (χ4n) is 1.01. The van der Waals surface area contributed by atoms with Crippen molar-refractivity contribution in [3.8, 4) is 0 Å². The number of primary amides is 1. The molecule has 0 aromatic rings. The van der Waals surface area contributed by atoms with Crippen LogP contribution in [0.15, 0.2) is 4.99 Å². The monoisotopic (exact) mass is 170 g/mol. The van der Waals surface area contributed by atoms with Crippen LogP contribution in [0, 0.1) is 0 Å². The van der Waals surface area contributed by atoms with Gasteiger partial charge in [-0.2, -0.15) is 0 Å². The Balaban J connectivity index is 2.20. The van der Waals surface area contributed by atoms with Gasteiger partial charge in [0.05, 0.1) is 5.84 Å². The molecule has 68 valence electrons. The second-order valence-electron chi connectivity index (χ2n) is 2.82. The summed E-state index contributed by atoms with van der Waals surface area (Å²) in [5.41, 5.74) is 10.4. The molecule has 5 N–H and O–H groups in total. The van der Waals surface area contributed by atoms with Gasteiger partial charge in [-0.25, -0.2) is 0 Å². The summed E-state index contributed by atoms with van der Waals surface area (Å²) < 4.78 is 0. The van der Waals surface area contributed by atoms with E-state index in [1.807, 2.05) is 0 Å². The third-order valence-electron chi connectivity index (χ3n) is 1.77. The SMILES string of the molecule is NC(=O)C(N)CNC1=NCCC1. The molecule has 12 heavy (non-hydrogen) atoms. The molecular formula is C7H14N4O. The number of amides is 1. The summed E-state index contributed by atoms with van der Waals surface area (Å²) in [4.78, 5) is 14.7. The van der Waals surface area contributed by atoms with E-state index in [1.54, 1.807) is 0 Å². The third-order valence-corrected chi connectivity index (χ3v) is 1.77. The molecule has 1 aliphatic rings. The van der Waals surface area contributed by atoms with Crippen LogP contribution in [0.2, 0.25) is 0 Å². The Kier molecular flexibility index (Phi) is 3.04. The van der Waals surface area contributed by atoms with Crippen LogP contribution in [0.4, 0.5) is 0 Å². The fraction of sp³-hybridized carbons (Fsp3) is 0.714. The van der Waals surface area contributed by atoms with E-state index in [0.29, 0.717) is 6.54 Å². The summed E-state index contributed by atoms with van der Waals surface area (Å²) in [7, 11) is 0. The lowest BCUT2D eigenvalue weighted by Crippen LogP contribution is -2.45. The molecule has 0 aromatic heterocycles. The van der Waals surface area contributed by atoms with Crippen molar-refractivity contribution in [1.29, 1.82) is 0 Å². The van der Waals surface area contributed by atoms with Gasteiger partial charge < -0.3 is 16.8 Å². The van der Waals surface area contributed by atoms with E-state index >= 15 is 0 Å². The number of carbonyl (C=O) groups is 1. The molecule has 1 rings (SSSR count). The molecule has 0 fully saturated rings. The molecule has 0 aromatic carbocycles. The molecule has 0 bridgehead atoms. The Hall–Kier alpha value is -1.10. The van der Waals surface area contributed by atoms with Gasteiger partial charge in [0, 0.05) is 19.5 Å². The minimum Gasteiger partial charge on any atom is -0.372 e. The van der Waals surface area contributed by atoms with E-state index in [1.165, 1.54) is 0 Å². The van der Waals surface area contributed by atoms with E-state index in [9.17, 15) is 4.79 Å². The number of carbonyl (C=O) groups excluding carboxylic acids is 1. The van der Waals surface area contributed by atoms with Crippen LogP contribution in [-0.2, 0) is 4.79 Å². The van der Waals surface area contributed by atoms with Crippen LogP contribution < -0.4 is 16.8 Å². The van der Waals surface area contributed by atoms with Crippen molar-refractivity contribution in [2.45, 2.75) is 18.9 Å². The van der Waals surface area contributed by atoms with E-state index in [4.69, 9.17) is 11.5 Å². The number of hydrogen-bond donors (Lipinski definition) is 3. The van der Waals surface area contributed by atoms with Crippen molar-refractivity contribution in [3.63, 3.8) is 0 Å². The standard InChI is InChI=1S/C7H14N4O/c8-5(7(9)12)4-11-6-2-1-3-10-6/h5H,1-4,8H2,(H2,9,12)(H,10,11). The first-order chi connectivity index (χ1) is 5.70. The number of rotatable bonds is 3. The van der Waals surface area contributed by atoms with Crippen molar-refractivity contribution in [2.75, 3.05) is 13.1 Å². The molecule has 0 radical (unpaired) electrons. The molecular weight excluding hydrogens is 156 g/mol. The summed E-state index contributed by atoms with van der Waals surface area (Å²) in [6.45, 7) is 1.25. The van der Waals surface area contributed by atoms with Crippen molar-refractivity contribution in [2.24, 2.45) is 16.5 Å². The average molecular weight is 170 g/mol. The summed E-state index contributed by atoms with van der Waals surface area (Å²) >= 11 is 0. The zero-order valence-corrected chi connectivity index (χ0v) is 6.92. The highest BCUT2D eigenvalue weighted by molar-refractivity contribution is 5.85. The molecule has 5 heteroatoms. The van der Waals surface area contributed by atoms with Gasteiger partial charge in [0.1, 0.15) is 6.04 Å². The fourth-order valence-corrected chi connectivity index (χ4v) is 1.01. The second-order valence-corrected chi connectivity index (χ2v) is 2.82. The lowest BCUT2D eigenvalue weighted by molar-refractivity contribution is -0.119. The molecule has 1 atom stereocenters. The van der Waals surface area contributed by atoms with Crippen LogP contribution >= 0.6 is 0 Å². The third kappa shape index (κ3) is 2.50. The lowest BCUT2D eigenvalue weighted by Gasteiger charge is -2.09. The molecule has 0 spiro atoms. The molecule has 1 unspecified atom stereocenters. The second kappa shape index (κ2) is 4.06. The van der Waals surface area contributed by atoms with Crippen molar-refractivity contribution < 1.29 is 4.79 Å². The maximum absolute atomic E-state index is 10.5. The molecule has 1 amide bonds. The normalized spacial score (nSPS) is 18.6.